The second-order valence-electron chi connectivity index (χ2n) is 3.90. The first-order valence-electron chi connectivity index (χ1n) is 4.77. The summed E-state index contributed by atoms with van der Waals surface area (Å²) < 4.78 is 1.11. The van der Waals surface area contributed by atoms with Crippen molar-refractivity contribution in [2.45, 2.75) is 6.42 Å². The maximum atomic E-state index is 10.7. The van der Waals surface area contributed by atoms with Gasteiger partial charge in [0.15, 0.2) is 0 Å². The van der Waals surface area contributed by atoms with Gasteiger partial charge in [-0.15, -0.1) is 11.3 Å². The predicted octanol–water partition coefficient (Wildman–Crippen LogP) is 2.67. The lowest BCUT2D eigenvalue weighted by Crippen LogP contribution is -2.20. The molecule has 1 aliphatic rings. The highest BCUT2D eigenvalue weighted by Crippen LogP contribution is 2.40. The van der Waals surface area contributed by atoms with Gasteiger partial charge in [0.2, 0.25) is 0 Å². The molecule has 1 aromatic heterocycles. The van der Waals surface area contributed by atoms with Crippen LogP contribution in [-0.4, -0.2) is 24.7 Å². The van der Waals surface area contributed by atoms with E-state index in [1.165, 1.54) is 5.00 Å². The fourth-order valence-corrected chi connectivity index (χ4v) is 3.04. The molecule has 0 aliphatic heterocycles. The largest absolute Gasteiger partial charge is 0.481 e. The Bertz CT molecular complexity index is 379. The molecule has 2 atom stereocenters. The predicted molar refractivity (Wildman–Crippen MR) is 64.5 cm³/mol. The van der Waals surface area contributed by atoms with Gasteiger partial charge in [0.05, 0.1) is 14.7 Å². The van der Waals surface area contributed by atoms with E-state index >= 15 is 0 Å². The van der Waals surface area contributed by atoms with Gasteiger partial charge in [0.25, 0.3) is 0 Å². The number of halogens is 1. The van der Waals surface area contributed by atoms with Gasteiger partial charge in [-0.05, 0) is 40.4 Å². The van der Waals surface area contributed by atoms with E-state index in [9.17, 15) is 4.79 Å². The van der Waals surface area contributed by atoms with Gasteiger partial charge in [-0.3, -0.25) is 4.79 Å². The molecule has 5 heteroatoms. The Morgan fingerprint density at radius 2 is 2.47 bits per heavy atom. The van der Waals surface area contributed by atoms with Crippen LogP contribution < -0.4 is 4.90 Å². The van der Waals surface area contributed by atoms with E-state index in [0.29, 0.717) is 5.92 Å². The Morgan fingerprint density at radius 1 is 1.73 bits per heavy atom. The molecule has 0 radical (unpaired) electrons. The van der Waals surface area contributed by atoms with E-state index in [0.717, 1.165) is 16.8 Å². The monoisotopic (exact) mass is 289 g/mol. The molecule has 0 amide bonds. The summed E-state index contributed by atoms with van der Waals surface area (Å²) in [5, 5.41) is 9.97. The van der Waals surface area contributed by atoms with Crippen LogP contribution in [0, 0.1) is 11.8 Å². The number of carboxylic acids is 1. The molecule has 1 saturated carbocycles. The first kappa shape index (κ1) is 11.0. The number of hydrogen-bond donors (Lipinski definition) is 1. The standard InChI is InChI=1S/C10H12BrNO2S/c1-12(9-3-2-8(11)15-9)5-6-4-7(6)10(13)14/h2-3,6-7H,4-5H2,1H3,(H,13,14). The number of aliphatic carboxylic acids is 1. The van der Waals surface area contributed by atoms with Gasteiger partial charge in [-0.2, -0.15) is 0 Å². The highest BCUT2D eigenvalue weighted by molar-refractivity contribution is 9.11. The van der Waals surface area contributed by atoms with Crippen molar-refractivity contribution in [1.82, 2.24) is 0 Å². The zero-order valence-corrected chi connectivity index (χ0v) is 10.7. The first-order chi connectivity index (χ1) is 7.08. The number of carbonyl (C=O) groups is 1. The van der Waals surface area contributed by atoms with E-state index in [1.807, 2.05) is 19.2 Å². The lowest BCUT2D eigenvalue weighted by atomic mass is 10.3. The number of rotatable bonds is 4. The van der Waals surface area contributed by atoms with E-state index in [1.54, 1.807) is 11.3 Å². The zero-order chi connectivity index (χ0) is 11.0. The molecule has 3 nitrogen and oxygen atoms in total. The summed E-state index contributed by atoms with van der Waals surface area (Å²) in [7, 11) is 2.01. The van der Waals surface area contributed by atoms with E-state index < -0.39 is 5.97 Å². The average molecular weight is 290 g/mol. The molecule has 1 heterocycles. The molecule has 1 N–H and O–H groups in total. The second kappa shape index (κ2) is 4.14. The Hall–Kier alpha value is -0.550. The quantitative estimate of drug-likeness (QED) is 0.926. The summed E-state index contributed by atoms with van der Waals surface area (Å²) in [4.78, 5) is 12.8. The third-order valence-corrected chi connectivity index (χ3v) is 4.42. The lowest BCUT2D eigenvalue weighted by Gasteiger charge is -2.16. The number of anilines is 1. The van der Waals surface area contributed by atoms with Gasteiger partial charge in [0.1, 0.15) is 0 Å². The molecule has 2 unspecified atom stereocenters. The van der Waals surface area contributed by atoms with Crippen molar-refractivity contribution in [2.75, 3.05) is 18.5 Å². The van der Waals surface area contributed by atoms with Crippen molar-refractivity contribution in [3.05, 3.63) is 15.9 Å². The van der Waals surface area contributed by atoms with E-state index in [2.05, 4.69) is 20.8 Å². The minimum absolute atomic E-state index is 0.115. The molecule has 82 valence electrons. The molecule has 0 aromatic carbocycles. The van der Waals surface area contributed by atoms with Crippen LogP contribution in [0.2, 0.25) is 0 Å². The highest BCUT2D eigenvalue weighted by Gasteiger charge is 2.43. The van der Waals surface area contributed by atoms with Crippen molar-refractivity contribution >= 4 is 38.2 Å². The topological polar surface area (TPSA) is 40.5 Å². The Labute approximate surface area is 101 Å². The molecule has 0 spiro atoms. The van der Waals surface area contributed by atoms with Crippen LogP contribution in [-0.2, 0) is 4.79 Å². The summed E-state index contributed by atoms with van der Waals surface area (Å²) in [6.07, 6.45) is 0.826. The summed E-state index contributed by atoms with van der Waals surface area (Å²) in [5.74, 6) is -0.440. The van der Waals surface area contributed by atoms with Gasteiger partial charge < -0.3 is 10.0 Å². The number of hydrogen-bond acceptors (Lipinski definition) is 3. The van der Waals surface area contributed by atoms with E-state index in [-0.39, 0.29) is 5.92 Å². The Morgan fingerprint density at radius 3 is 2.93 bits per heavy atom. The normalized spacial score (nSPS) is 23.9. The molecule has 0 saturated heterocycles. The lowest BCUT2D eigenvalue weighted by molar-refractivity contribution is -0.138. The second-order valence-corrected chi connectivity index (χ2v) is 6.34. The highest BCUT2D eigenvalue weighted by atomic mass is 79.9. The Kier molecular flexibility index (Phi) is 3.02. The summed E-state index contributed by atoms with van der Waals surface area (Å²) in [5.41, 5.74) is 0. The maximum absolute atomic E-state index is 10.7. The zero-order valence-electron chi connectivity index (χ0n) is 8.31. The van der Waals surface area contributed by atoms with Crippen LogP contribution in [0.1, 0.15) is 6.42 Å². The summed E-state index contributed by atoms with van der Waals surface area (Å²) in [6.45, 7) is 0.837. The van der Waals surface area contributed by atoms with Crippen LogP contribution in [0.4, 0.5) is 5.00 Å². The first-order valence-corrected chi connectivity index (χ1v) is 6.38. The van der Waals surface area contributed by atoms with Crippen LogP contribution in [0.15, 0.2) is 15.9 Å². The van der Waals surface area contributed by atoms with Crippen molar-refractivity contribution in [3.63, 3.8) is 0 Å². The third-order valence-electron chi connectivity index (χ3n) is 2.68. The van der Waals surface area contributed by atoms with Gasteiger partial charge in [0, 0.05) is 13.6 Å². The number of carboxylic acid groups (broad SMARTS) is 1. The minimum atomic E-state index is -0.652. The molecule has 1 aliphatic carbocycles. The Balaban J connectivity index is 1.89. The van der Waals surface area contributed by atoms with Crippen LogP contribution >= 0.6 is 27.3 Å². The molecule has 0 bridgehead atoms. The minimum Gasteiger partial charge on any atom is -0.481 e. The van der Waals surface area contributed by atoms with Crippen LogP contribution in [0.25, 0.3) is 0 Å². The summed E-state index contributed by atoms with van der Waals surface area (Å²) in [6, 6.07) is 4.06. The van der Waals surface area contributed by atoms with Gasteiger partial charge in [-0.25, -0.2) is 0 Å². The van der Waals surface area contributed by atoms with Crippen molar-refractivity contribution in [1.29, 1.82) is 0 Å². The van der Waals surface area contributed by atoms with Crippen LogP contribution in [0.3, 0.4) is 0 Å². The van der Waals surface area contributed by atoms with E-state index in [4.69, 9.17) is 5.11 Å². The van der Waals surface area contributed by atoms with Crippen molar-refractivity contribution in [2.24, 2.45) is 11.8 Å². The molecular formula is C10H12BrNO2S. The summed E-state index contributed by atoms with van der Waals surface area (Å²) >= 11 is 5.09. The van der Waals surface area contributed by atoms with Gasteiger partial charge >= 0.3 is 5.97 Å². The average Bonchev–Trinajstić information content (AvgIpc) is 2.79. The molecule has 1 fully saturated rings. The van der Waals surface area contributed by atoms with Crippen molar-refractivity contribution < 1.29 is 9.90 Å². The fourth-order valence-electron chi connectivity index (χ4n) is 1.70. The fraction of sp³-hybridized carbons (Fsp3) is 0.500. The number of nitrogens with zero attached hydrogens (tertiary/aromatic N) is 1. The SMILES string of the molecule is CN(CC1CC1C(=O)O)c1ccc(Br)s1. The smallest absolute Gasteiger partial charge is 0.306 e. The van der Waals surface area contributed by atoms with Gasteiger partial charge in [-0.1, -0.05) is 0 Å². The molecule has 2 rings (SSSR count). The maximum Gasteiger partial charge on any atom is 0.306 e. The molecule has 15 heavy (non-hydrogen) atoms. The number of thiophene rings is 1. The molecule has 1 aromatic rings. The van der Waals surface area contributed by atoms with Crippen molar-refractivity contribution in [3.8, 4) is 0 Å². The molecular weight excluding hydrogens is 278 g/mol. The third kappa shape index (κ3) is 2.52. The van der Waals surface area contributed by atoms with Crippen LogP contribution in [0.5, 0.6) is 0 Å².